The largest absolute Gasteiger partial charge is 0.393 e. The number of piperazine rings is 1. The molecule has 0 radical (unpaired) electrons. The summed E-state index contributed by atoms with van der Waals surface area (Å²) in [6.07, 6.45) is 1.64. The Bertz CT molecular complexity index is 1210. The van der Waals surface area contributed by atoms with Gasteiger partial charge in [0, 0.05) is 44.7 Å². The van der Waals surface area contributed by atoms with E-state index in [4.69, 9.17) is 5.73 Å². The van der Waals surface area contributed by atoms with E-state index in [1.165, 1.54) is 16.3 Å². The second kappa shape index (κ2) is 9.46. The van der Waals surface area contributed by atoms with Crippen LogP contribution in [0.4, 0.5) is 23.0 Å². The fourth-order valence-electron chi connectivity index (χ4n) is 4.68. The summed E-state index contributed by atoms with van der Waals surface area (Å²) in [6.45, 7) is 7.62. The number of nitrogens with zero attached hydrogens (tertiary/aromatic N) is 5. The molecule has 5 rings (SSSR count). The number of benzene rings is 3. The van der Waals surface area contributed by atoms with Gasteiger partial charge in [0.1, 0.15) is 12.0 Å². The monoisotopic (exact) mass is 438 g/mol. The van der Waals surface area contributed by atoms with Gasteiger partial charge in [0.2, 0.25) is 0 Å². The maximum atomic E-state index is 6.71. The smallest absolute Gasteiger partial charge is 0.161 e. The van der Waals surface area contributed by atoms with Crippen molar-refractivity contribution in [2.75, 3.05) is 48.3 Å². The molecule has 2 heterocycles. The second-order valence-corrected chi connectivity index (χ2v) is 8.43. The summed E-state index contributed by atoms with van der Waals surface area (Å²) in [5.74, 6) is 1.60. The van der Waals surface area contributed by atoms with Crippen LogP contribution in [-0.4, -0.2) is 47.6 Å². The van der Waals surface area contributed by atoms with Crippen LogP contribution in [0.5, 0.6) is 0 Å². The average molecular weight is 439 g/mol. The van der Waals surface area contributed by atoms with E-state index < -0.39 is 0 Å². The third kappa shape index (κ3) is 4.34. The molecule has 0 spiro atoms. The lowest BCUT2D eigenvalue weighted by Gasteiger charge is -2.36. The van der Waals surface area contributed by atoms with Crippen molar-refractivity contribution in [1.29, 1.82) is 0 Å². The Kier molecular flexibility index (Phi) is 6.09. The summed E-state index contributed by atoms with van der Waals surface area (Å²) in [5, 5.41) is 2.40. The van der Waals surface area contributed by atoms with Crippen LogP contribution in [0.3, 0.4) is 0 Å². The molecule has 0 amide bonds. The average Bonchev–Trinajstić information content (AvgIpc) is 2.87. The van der Waals surface area contributed by atoms with E-state index in [0.717, 1.165) is 56.6 Å². The van der Waals surface area contributed by atoms with Gasteiger partial charge in [-0.05, 0) is 23.9 Å². The van der Waals surface area contributed by atoms with Crippen LogP contribution in [0.15, 0.2) is 79.1 Å². The minimum absolute atomic E-state index is 0.642. The van der Waals surface area contributed by atoms with Crippen molar-refractivity contribution in [2.45, 2.75) is 13.5 Å². The number of hydrogen-bond acceptors (Lipinski definition) is 6. The molecule has 168 valence electrons. The van der Waals surface area contributed by atoms with Gasteiger partial charge < -0.3 is 15.5 Å². The summed E-state index contributed by atoms with van der Waals surface area (Å²) in [4.78, 5) is 16.2. The molecule has 6 heteroatoms. The molecular weight excluding hydrogens is 408 g/mol. The Balaban J connectivity index is 1.38. The first-order valence-electron chi connectivity index (χ1n) is 11.6. The van der Waals surface area contributed by atoms with Crippen LogP contribution in [0.1, 0.15) is 12.5 Å². The van der Waals surface area contributed by atoms with Gasteiger partial charge in [-0.2, -0.15) is 0 Å². The SMILES string of the molecule is CCN(c1ncnc(N2CCN(Cc3ccccc3)CC2)c1N)c1cccc2ccccc12. The van der Waals surface area contributed by atoms with E-state index in [9.17, 15) is 0 Å². The maximum absolute atomic E-state index is 6.71. The third-order valence-corrected chi connectivity index (χ3v) is 6.39. The molecule has 0 bridgehead atoms. The summed E-state index contributed by atoms with van der Waals surface area (Å²) in [7, 11) is 0. The van der Waals surface area contributed by atoms with Crippen LogP contribution in [0.25, 0.3) is 10.8 Å². The number of anilines is 4. The van der Waals surface area contributed by atoms with Gasteiger partial charge >= 0.3 is 0 Å². The molecule has 6 nitrogen and oxygen atoms in total. The first-order chi connectivity index (χ1) is 16.2. The minimum atomic E-state index is 0.642. The van der Waals surface area contributed by atoms with Gasteiger partial charge in [0.15, 0.2) is 11.6 Å². The van der Waals surface area contributed by atoms with E-state index in [2.05, 4.69) is 104 Å². The number of fused-ring (bicyclic) bond motifs is 1. The van der Waals surface area contributed by atoms with E-state index >= 15 is 0 Å². The van der Waals surface area contributed by atoms with Crippen LogP contribution < -0.4 is 15.5 Å². The predicted octanol–water partition coefficient (Wildman–Crippen LogP) is 4.69. The topological polar surface area (TPSA) is 61.5 Å². The van der Waals surface area contributed by atoms with Crippen molar-refractivity contribution in [3.63, 3.8) is 0 Å². The number of nitrogen functional groups attached to an aromatic ring is 1. The molecule has 0 saturated carbocycles. The highest BCUT2D eigenvalue weighted by Gasteiger charge is 2.23. The lowest BCUT2D eigenvalue weighted by atomic mass is 10.1. The lowest BCUT2D eigenvalue weighted by molar-refractivity contribution is 0.249. The standard InChI is InChI=1S/C27H30N6/c1-2-33(24-14-8-12-22-11-6-7-13-23(22)24)27-25(28)26(29-20-30-27)32-17-15-31(16-18-32)19-21-9-4-3-5-10-21/h3-14,20H,2,15-19,28H2,1H3. The van der Waals surface area contributed by atoms with Gasteiger partial charge in [0.25, 0.3) is 0 Å². The fraction of sp³-hybridized carbons (Fsp3) is 0.259. The molecule has 33 heavy (non-hydrogen) atoms. The molecule has 4 aromatic rings. The van der Waals surface area contributed by atoms with Crippen molar-refractivity contribution in [1.82, 2.24) is 14.9 Å². The quantitative estimate of drug-likeness (QED) is 0.471. The summed E-state index contributed by atoms with van der Waals surface area (Å²) < 4.78 is 0. The Labute approximate surface area is 195 Å². The zero-order valence-electron chi connectivity index (χ0n) is 19.1. The molecule has 1 aliphatic heterocycles. The number of hydrogen-bond donors (Lipinski definition) is 1. The van der Waals surface area contributed by atoms with E-state index in [0.29, 0.717) is 5.69 Å². The van der Waals surface area contributed by atoms with E-state index in [1.54, 1.807) is 6.33 Å². The van der Waals surface area contributed by atoms with Crippen molar-refractivity contribution >= 4 is 33.8 Å². The zero-order valence-corrected chi connectivity index (χ0v) is 19.1. The van der Waals surface area contributed by atoms with E-state index in [-0.39, 0.29) is 0 Å². The minimum Gasteiger partial charge on any atom is -0.393 e. The van der Waals surface area contributed by atoms with Gasteiger partial charge in [0.05, 0.1) is 5.69 Å². The first kappa shape index (κ1) is 21.2. The Hall–Kier alpha value is -3.64. The molecule has 1 aromatic heterocycles. The van der Waals surface area contributed by atoms with Crippen LogP contribution in [0.2, 0.25) is 0 Å². The van der Waals surface area contributed by atoms with Crippen molar-refractivity contribution in [2.24, 2.45) is 0 Å². The number of aromatic nitrogens is 2. The summed E-state index contributed by atoms with van der Waals surface area (Å²) >= 11 is 0. The molecule has 2 N–H and O–H groups in total. The molecule has 1 saturated heterocycles. The molecule has 3 aromatic carbocycles. The zero-order chi connectivity index (χ0) is 22.6. The molecule has 0 aliphatic carbocycles. The summed E-state index contributed by atoms with van der Waals surface area (Å²) in [6, 6.07) is 25.4. The van der Waals surface area contributed by atoms with Crippen LogP contribution in [0, 0.1) is 0 Å². The van der Waals surface area contributed by atoms with Crippen molar-refractivity contribution in [3.05, 3.63) is 84.7 Å². The highest BCUT2D eigenvalue weighted by Crippen LogP contribution is 2.36. The van der Waals surface area contributed by atoms with E-state index in [1.807, 2.05) is 0 Å². The fourth-order valence-corrected chi connectivity index (χ4v) is 4.68. The van der Waals surface area contributed by atoms with Gasteiger partial charge in [-0.1, -0.05) is 66.7 Å². The molecule has 1 fully saturated rings. The second-order valence-electron chi connectivity index (χ2n) is 8.43. The lowest BCUT2D eigenvalue weighted by Crippen LogP contribution is -2.46. The third-order valence-electron chi connectivity index (χ3n) is 6.39. The maximum Gasteiger partial charge on any atom is 0.161 e. The van der Waals surface area contributed by atoms with Gasteiger partial charge in [-0.15, -0.1) is 0 Å². The summed E-state index contributed by atoms with van der Waals surface area (Å²) in [5.41, 5.74) is 9.81. The Morgan fingerprint density at radius 1 is 0.848 bits per heavy atom. The molecule has 1 aliphatic rings. The van der Waals surface area contributed by atoms with Crippen molar-refractivity contribution in [3.8, 4) is 0 Å². The van der Waals surface area contributed by atoms with Crippen LogP contribution >= 0.6 is 0 Å². The predicted molar refractivity (Wildman–Crippen MR) is 137 cm³/mol. The normalized spacial score (nSPS) is 14.5. The van der Waals surface area contributed by atoms with Gasteiger partial charge in [-0.3, -0.25) is 4.90 Å². The first-order valence-corrected chi connectivity index (χ1v) is 11.6. The molecular formula is C27H30N6. The number of rotatable bonds is 6. The van der Waals surface area contributed by atoms with Gasteiger partial charge in [-0.25, -0.2) is 9.97 Å². The number of nitrogens with two attached hydrogens (primary N) is 1. The Morgan fingerprint density at radius 3 is 2.36 bits per heavy atom. The highest BCUT2D eigenvalue weighted by atomic mass is 15.3. The molecule has 0 unspecified atom stereocenters. The Morgan fingerprint density at radius 2 is 1.58 bits per heavy atom. The molecule has 0 atom stereocenters. The van der Waals surface area contributed by atoms with Crippen LogP contribution in [-0.2, 0) is 6.54 Å². The van der Waals surface area contributed by atoms with Crippen molar-refractivity contribution < 1.29 is 0 Å². The highest BCUT2D eigenvalue weighted by molar-refractivity contribution is 5.97.